The van der Waals surface area contributed by atoms with Gasteiger partial charge >= 0.3 is 0 Å². The minimum absolute atomic E-state index is 0.784. The van der Waals surface area contributed by atoms with Crippen LogP contribution in [0.5, 0.6) is 0 Å². The number of halogens is 1. The molecule has 1 aliphatic rings. The Morgan fingerprint density at radius 3 is 2.68 bits per heavy atom. The molecule has 5 heteroatoms. The summed E-state index contributed by atoms with van der Waals surface area (Å²) in [6.07, 6.45) is 4.72. The van der Waals surface area contributed by atoms with Gasteiger partial charge in [0, 0.05) is 36.3 Å². The monoisotopic (exact) mass is 331 g/mol. The van der Waals surface area contributed by atoms with Gasteiger partial charge in [-0.25, -0.2) is 0 Å². The highest BCUT2D eigenvalue weighted by Gasteiger charge is 2.16. The Hall–Kier alpha value is -1.52. The van der Waals surface area contributed by atoms with Gasteiger partial charge in [-0.1, -0.05) is 41.6 Å². The van der Waals surface area contributed by atoms with E-state index < -0.39 is 0 Å². The van der Waals surface area contributed by atoms with Crippen molar-refractivity contribution in [2.45, 2.75) is 13.0 Å². The van der Waals surface area contributed by atoms with Crippen LogP contribution in [0, 0.1) is 0 Å². The zero-order valence-electron chi connectivity index (χ0n) is 12.3. The lowest BCUT2D eigenvalue weighted by molar-refractivity contribution is 0.424. The van der Waals surface area contributed by atoms with Crippen LogP contribution in [0.2, 0.25) is 5.02 Å². The smallest absolute Gasteiger partial charge is 0.159 e. The molecule has 0 fully saturated rings. The summed E-state index contributed by atoms with van der Waals surface area (Å²) in [6.45, 7) is 2.72. The first kappa shape index (κ1) is 15.4. The van der Waals surface area contributed by atoms with Crippen molar-refractivity contribution < 1.29 is 0 Å². The summed E-state index contributed by atoms with van der Waals surface area (Å²) in [5.74, 6) is 1.08. The standard InChI is InChI=1S/C17H18ClN3S/c18-16-5-3-14(4-6-16)7-10-21(17-20-9-11-22-17)13-15-2-1-8-19-12-15/h1-6,8,12H,7,9-11,13H2. The highest BCUT2D eigenvalue weighted by atomic mass is 35.5. The van der Waals surface area contributed by atoms with Crippen molar-refractivity contribution in [3.05, 3.63) is 64.9 Å². The van der Waals surface area contributed by atoms with Crippen LogP contribution in [-0.4, -0.2) is 33.9 Å². The summed E-state index contributed by atoms with van der Waals surface area (Å²) < 4.78 is 0. The molecule has 114 valence electrons. The minimum atomic E-state index is 0.784. The number of aromatic nitrogens is 1. The van der Waals surface area contributed by atoms with Crippen LogP contribution in [0.15, 0.2) is 53.8 Å². The van der Waals surface area contributed by atoms with Crippen LogP contribution in [0.25, 0.3) is 0 Å². The molecule has 0 bridgehead atoms. The highest BCUT2D eigenvalue weighted by molar-refractivity contribution is 8.14. The maximum atomic E-state index is 5.95. The van der Waals surface area contributed by atoms with Crippen LogP contribution < -0.4 is 0 Å². The van der Waals surface area contributed by atoms with E-state index in [0.29, 0.717) is 0 Å². The second-order valence-corrected chi connectivity index (χ2v) is 6.67. The average molecular weight is 332 g/mol. The zero-order valence-corrected chi connectivity index (χ0v) is 13.9. The Morgan fingerprint density at radius 2 is 2.00 bits per heavy atom. The topological polar surface area (TPSA) is 28.5 Å². The molecule has 2 aromatic rings. The summed E-state index contributed by atoms with van der Waals surface area (Å²) in [7, 11) is 0. The van der Waals surface area contributed by atoms with Gasteiger partial charge < -0.3 is 4.90 Å². The maximum Gasteiger partial charge on any atom is 0.159 e. The first-order valence-corrected chi connectivity index (χ1v) is 8.73. The van der Waals surface area contributed by atoms with Crippen LogP contribution in [-0.2, 0) is 13.0 Å². The summed E-state index contributed by atoms with van der Waals surface area (Å²) in [5, 5.41) is 1.93. The molecule has 3 rings (SSSR count). The average Bonchev–Trinajstić information content (AvgIpc) is 3.08. The fourth-order valence-electron chi connectivity index (χ4n) is 2.38. The van der Waals surface area contributed by atoms with Crippen molar-refractivity contribution in [3.8, 4) is 0 Å². The van der Waals surface area contributed by atoms with Gasteiger partial charge in [-0.15, -0.1) is 0 Å². The third kappa shape index (κ3) is 4.24. The molecule has 0 saturated carbocycles. The zero-order chi connectivity index (χ0) is 15.2. The van der Waals surface area contributed by atoms with Crippen molar-refractivity contribution in [2.75, 3.05) is 18.8 Å². The molecule has 0 radical (unpaired) electrons. The molecule has 22 heavy (non-hydrogen) atoms. The number of thioether (sulfide) groups is 1. The van der Waals surface area contributed by atoms with Crippen LogP contribution in [0.3, 0.4) is 0 Å². The van der Waals surface area contributed by atoms with Gasteiger partial charge in [0.1, 0.15) is 0 Å². The van der Waals surface area contributed by atoms with Gasteiger partial charge in [-0.3, -0.25) is 9.98 Å². The lowest BCUT2D eigenvalue weighted by Gasteiger charge is -2.24. The first-order chi connectivity index (χ1) is 10.8. The summed E-state index contributed by atoms with van der Waals surface area (Å²) in [5.41, 5.74) is 2.51. The molecule has 1 aromatic heterocycles. The van der Waals surface area contributed by atoms with Gasteiger partial charge in [0.05, 0.1) is 6.54 Å². The third-order valence-electron chi connectivity index (χ3n) is 3.52. The molecule has 0 aliphatic carbocycles. The van der Waals surface area contributed by atoms with E-state index in [4.69, 9.17) is 11.6 Å². The molecule has 1 aromatic carbocycles. The maximum absolute atomic E-state index is 5.95. The summed E-state index contributed by atoms with van der Waals surface area (Å²) in [6, 6.07) is 12.2. The predicted molar refractivity (Wildman–Crippen MR) is 94.6 cm³/mol. The first-order valence-electron chi connectivity index (χ1n) is 7.37. The van der Waals surface area contributed by atoms with Crippen LogP contribution in [0.1, 0.15) is 11.1 Å². The number of nitrogens with zero attached hydrogens (tertiary/aromatic N) is 3. The van der Waals surface area contributed by atoms with E-state index in [1.807, 2.05) is 42.4 Å². The Kier molecular flexibility index (Phi) is 5.35. The van der Waals surface area contributed by atoms with E-state index in [1.54, 1.807) is 0 Å². The van der Waals surface area contributed by atoms with Gasteiger partial charge in [0.2, 0.25) is 0 Å². The van der Waals surface area contributed by atoms with Crippen molar-refractivity contribution in [3.63, 3.8) is 0 Å². The molecule has 0 N–H and O–H groups in total. The van der Waals surface area contributed by atoms with Gasteiger partial charge in [0.15, 0.2) is 5.17 Å². The second kappa shape index (κ2) is 7.65. The number of amidine groups is 1. The van der Waals surface area contributed by atoms with Gasteiger partial charge in [-0.2, -0.15) is 0 Å². The normalized spacial score (nSPS) is 14.0. The van der Waals surface area contributed by atoms with E-state index in [-0.39, 0.29) is 0 Å². The minimum Gasteiger partial charge on any atom is -0.347 e. The van der Waals surface area contributed by atoms with E-state index >= 15 is 0 Å². The molecular formula is C17H18ClN3S. The Labute approximate surface area is 140 Å². The SMILES string of the molecule is Clc1ccc(CCN(Cc2cccnc2)C2=NCCS2)cc1. The number of rotatable bonds is 5. The summed E-state index contributed by atoms with van der Waals surface area (Å²) >= 11 is 7.79. The van der Waals surface area contributed by atoms with Crippen LogP contribution >= 0.6 is 23.4 Å². The van der Waals surface area contributed by atoms with E-state index in [2.05, 4.69) is 33.1 Å². The molecule has 0 unspecified atom stereocenters. The Balaban J connectivity index is 1.67. The molecule has 0 spiro atoms. The fraction of sp³-hybridized carbons (Fsp3) is 0.294. The number of aliphatic imine (C=N–C) groups is 1. The quantitative estimate of drug-likeness (QED) is 0.832. The number of hydrogen-bond donors (Lipinski definition) is 0. The molecule has 1 aliphatic heterocycles. The predicted octanol–water partition coefficient (Wildman–Crippen LogP) is 3.88. The van der Waals surface area contributed by atoms with Crippen molar-refractivity contribution >= 4 is 28.5 Å². The van der Waals surface area contributed by atoms with Crippen molar-refractivity contribution in [1.82, 2.24) is 9.88 Å². The molecule has 0 amide bonds. The Morgan fingerprint density at radius 1 is 1.14 bits per heavy atom. The Bertz CT molecular complexity index is 628. The fourth-order valence-corrected chi connectivity index (χ4v) is 3.40. The second-order valence-electron chi connectivity index (χ2n) is 5.17. The van der Waals surface area contributed by atoms with Gasteiger partial charge in [0.25, 0.3) is 0 Å². The third-order valence-corrected chi connectivity index (χ3v) is 4.80. The molecule has 2 heterocycles. The number of pyridine rings is 1. The van der Waals surface area contributed by atoms with Crippen molar-refractivity contribution in [1.29, 1.82) is 0 Å². The van der Waals surface area contributed by atoms with E-state index in [1.165, 1.54) is 11.1 Å². The molecule has 0 saturated heterocycles. The number of hydrogen-bond acceptors (Lipinski definition) is 4. The highest BCUT2D eigenvalue weighted by Crippen LogP contribution is 2.19. The van der Waals surface area contributed by atoms with E-state index in [0.717, 1.165) is 42.0 Å². The van der Waals surface area contributed by atoms with Crippen molar-refractivity contribution in [2.24, 2.45) is 4.99 Å². The molecule has 3 nitrogen and oxygen atoms in total. The molecular weight excluding hydrogens is 314 g/mol. The number of benzene rings is 1. The molecule has 0 atom stereocenters. The van der Waals surface area contributed by atoms with Gasteiger partial charge in [-0.05, 0) is 35.7 Å². The lowest BCUT2D eigenvalue weighted by atomic mass is 10.1. The lowest BCUT2D eigenvalue weighted by Crippen LogP contribution is -2.29. The van der Waals surface area contributed by atoms with E-state index in [9.17, 15) is 0 Å². The largest absolute Gasteiger partial charge is 0.347 e. The van der Waals surface area contributed by atoms with Crippen LogP contribution in [0.4, 0.5) is 0 Å². The summed E-state index contributed by atoms with van der Waals surface area (Å²) in [4.78, 5) is 11.2.